The minimum Gasteiger partial charge on any atom is -0.481 e. The highest BCUT2D eigenvalue weighted by Crippen LogP contribution is 2.13. The molecule has 0 saturated heterocycles. The highest BCUT2D eigenvalue weighted by atomic mass is 16.4. The number of hydrogen-bond acceptors (Lipinski definition) is 3. The van der Waals surface area contributed by atoms with Gasteiger partial charge in [-0.3, -0.25) is 9.59 Å². The Kier molecular flexibility index (Phi) is 24.3. The maximum Gasteiger partial charge on any atom is 0.310 e. The smallest absolute Gasteiger partial charge is 0.310 e. The van der Waals surface area contributed by atoms with Crippen LogP contribution in [0.15, 0.2) is 0 Å². The summed E-state index contributed by atoms with van der Waals surface area (Å²) in [5.41, 5.74) is 4.50. The van der Waals surface area contributed by atoms with Crippen molar-refractivity contribution >= 4 is 11.8 Å². The number of hydrogen-bond donors (Lipinski definition) is 2. The van der Waals surface area contributed by atoms with E-state index in [1.165, 1.54) is 90.5 Å². The van der Waals surface area contributed by atoms with Crippen LogP contribution in [-0.2, 0) is 9.59 Å². The summed E-state index contributed by atoms with van der Waals surface area (Å²) < 4.78 is 0. The molecule has 0 rings (SSSR count). The molecule has 0 bridgehead atoms. The lowest BCUT2D eigenvalue weighted by Gasteiger charge is -2.03. The fraction of sp³-hybridized carbons (Fsp3) is 0.905. The molecule has 0 atom stereocenters. The van der Waals surface area contributed by atoms with Crippen LogP contribution in [0.4, 0.5) is 0 Å². The van der Waals surface area contributed by atoms with E-state index in [0.29, 0.717) is 6.42 Å². The van der Waals surface area contributed by atoms with E-state index in [-0.39, 0.29) is 12.2 Å². The van der Waals surface area contributed by atoms with Gasteiger partial charge in [-0.15, -0.1) is 0 Å². The van der Waals surface area contributed by atoms with Gasteiger partial charge < -0.3 is 10.8 Å². The highest BCUT2D eigenvalue weighted by Gasteiger charge is 2.06. The van der Waals surface area contributed by atoms with E-state index in [9.17, 15) is 9.59 Å². The third-order valence-electron chi connectivity index (χ3n) is 4.41. The Bertz CT molecular complexity index is 293. The molecule has 0 aliphatic rings. The SMILES string of the molecule is CCCCCCCCCCCCCCCCCC(=O)CC(=O)O.CN. The molecule has 0 saturated carbocycles. The average Bonchev–Trinajstić information content (AvgIpc) is 2.59. The number of carboxylic acids is 1. The molecular weight excluding hydrogens is 314 g/mol. The Balaban J connectivity index is 0. The maximum absolute atomic E-state index is 11.2. The van der Waals surface area contributed by atoms with E-state index in [1.54, 1.807) is 0 Å². The van der Waals surface area contributed by atoms with Gasteiger partial charge in [-0.25, -0.2) is 0 Å². The second-order valence-corrected chi connectivity index (χ2v) is 6.81. The quantitative estimate of drug-likeness (QED) is 0.237. The lowest BCUT2D eigenvalue weighted by atomic mass is 10.0. The van der Waals surface area contributed by atoms with Gasteiger partial charge in [0, 0.05) is 6.42 Å². The normalized spacial score (nSPS) is 10.2. The van der Waals surface area contributed by atoms with Crippen molar-refractivity contribution in [2.45, 2.75) is 116 Å². The first-order valence-electron chi connectivity index (χ1n) is 10.5. The van der Waals surface area contributed by atoms with Crippen molar-refractivity contribution in [3.63, 3.8) is 0 Å². The summed E-state index contributed by atoms with van der Waals surface area (Å²) in [5.74, 6) is -1.14. The number of carbonyl (C=O) groups excluding carboxylic acids is 1. The first-order chi connectivity index (χ1) is 12.2. The van der Waals surface area contributed by atoms with Crippen molar-refractivity contribution in [3.05, 3.63) is 0 Å². The van der Waals surface area contributed by atoms with E-state index in [1.807, 2.05) is 0 Å². The Hall–Kier alpha value is -0.900. The summed E-state index contributed by atoms with van der Waals surface area (Å²) in [5, 5.41) is 8.49. The van der Waals surface area contributed by atoms with Gasteiger partial charge in [-0.1, -0.05) is 96.8 Å². The summed E-state index contributed by atoms with van der Waals surface area (Å²) in [4.78, 5) is 21.6. The molecular formula is C21H43NO3. The standard InChI is InChI=1S/C20H38O3.CH5N/c1-2-3-4-5-6-7-8-9-10-11-12-13-14-15-16-17-19(21)18-20(22)23;1-2/h2-18H2,1H3,(H,22,23);2H2,1H3. The Morgan fingerprint density at radius 1 is 0.640 bits per heavy atom. The minimum atomic E-state index is -1.00. The molecule has 0 aromatic carbocycles. The summed E-state index contributed by atoms with van der Waals surface area (Å²) in [6.07, 6.45) is 19.7. The monoisotopic (exact) mass is 357 g/mol. The number of nitrogens with two attached hydrogens (primary N) is 1. The first-order valence-corrected chi connectivity index (χ1v) is 10.5. The van der Waals surface area contributed by atoms with Crippen LogP contribution >= 0.6 is 0 Å². The molecule has 0 unspecified atom stereocenters. The summed E-state index contributed by atoms with van der Waals surface area (Å²) in [6, 6.07) is 0. The lowest BCUT2D eigenvalue weighted by molar-refractivity contribution is -0.140. The van der Waals surface area contributed by atoms with Crippen molar-refractivity contribution in [2.75, 3.05) is 7.05 Å². The molecule has 0 radical (unpaired) electrons. The zero-order chi connectivity index (χ0) is 19.2. The van der Waals surface area contributed by atoms with Gasteiger partial charge in [-0.2, -0.15) is 0 Å². The van der Waals surface area contributed by atoms with Crippen LogP contribution in [0.25, 0.3) is 0 Å². The lowest BCUT2D eigenvalue weighted by Crippen LogP contribution is -2.05. The van der Waals surface area contributed by atoms with Crippen molar-refractivity contribution in [3.8, 4) is 0 Å². The fourth-order valence-corrected chi connectivity index (χ4v) is 2.95. The zero-order valence-electron chi connectivity index (χ0n) is 16.9. The number of aliphatic carboxylic acids is 1. The molecule has 0 fully saturated rings. The molecule has 0 spiro atoms. The molecule has 150 valence electrons. The van der Waals surface area contributed by atoms with Crippen molar-refractivity contribution in [1.82, 2.24) is 0 Å². The molecule has 0 aliphatic carbocycles. The molecule has 25 heavy (non-hydrogen) atoms. The Morgan fingerprint density at radius 2 is 0.960 bits per heavy atom. The van der Waals surface area contributed by atoms with Gasteiger partial charge in [0.2, 0.25) is 0 Å². The van der Waals surface area contributed by atoms with E-state index >= 15 is 0 Å². The first kappa shape index (κ1) is 26.3. The number of rotatable bonds is 18. The molecule has 4 nitrogen and oxygen atoms in total. The Labute approximate surface area is 156 Å². The summed E-state index contributed by atoms with van der Waals surface area (Å²) in [6.45, 7) is 2.26. The predicted octanol–water partition coefficient (Wildman–Crippen LogP) is 5.87. The number of ketones is 1. The van der Waals surface area contributed by atoms with Crippen molar-refractivity contribution in [2.24, 2.45) is 5.73 Å². The number of unbranched alkanes of at least 4 members (excludes halogenated alkanes) is 14. The average molecular weight is 358 g/mol. The number of Topliss-reactive ketones (excluding diaryl/α,β-unsaturated/α-hetero) is 1. The van der Waals surface area contributed by atoms with Gasteiger partial charge in [-0.05, 0) is 13.5 Å². The molecule has 0 aliphatic heterocycles. The van der Waals surface area contributed by atoms with Crippen LogP contribution in [0, 0.1) is 0 Å². The van der Waals surface area contributed by atoms with Crippen LogP contribution in [0.1, 0.15) is 116 Å². The van der Waals surface area contributed by atoms with Crippen LogP contribution in [0.2, 0.25) is 0 Å². The van der Waals surface area contributed by atoms with Gasteiger partial charge in [0.05, 0.1) is 0 Å². The van der Waals surface area contributed by atoms with Crippen LogP contribution in [-0.4, -0.2) is 23.9 Å². The molecule has 0 aromatic rings. The van der Waals surface area contributed by atoms with Crippen LogP contribution < -0.4 is 5.73 Å². The van der Waals surface area contributed by atoms with Crippen molar-refractivity contribution in [1.29, 1.82) is 0 Å². The minimum absolute atomic E-state index is 0.132. The largest absolute Gasteiger partial charge is 0.481 e. The van der Waals surface area contributed by atoms with Gasteiger partial charge in [0.1, 0.15) is 12.2 Å². The van der Waals surface area contributed by atoms with Crippen LogP contribution in [0.3, 0.4) is 0 Å². The van der Waals surface area contributed by atoms with E-state index in [0.717, 1.165) is 12.8 Å². The Morgan fingerprint density at radius 3 is 1.28 bits per heavy atom. The zero-order valence-corrected chi connectivity index (χ0v) is 16.9. The molecule has 0 amide bonds. The molecule has 0 aromatic heterocycles. The topological polar surface area (TPSA) is 80.4 Å². The third kappa shape index (κ3) is 25.5. The number of carbonyl (C=O) groups is 2. The second-order valence-electron chi connectivity index (χ2n) is 6.81. The molecule has 3 N–H and O–H groups in total. The molecule has 0 heterocycles. The van der Waals surface area contributed by atoms with E-state index < -0.39 is 5.97 Å². The predicted molar refractivity (Wildman–Crippen MR) is 107 cm³/mol. The fourth-order valence-electron chi connectivity index (χ4n) is 2.95. The van der Waals surface area contributed by atoms with E-state index in [4.69, 9.17) is 5.11 Å². The number of carboxylic acid groups (broad SMARTS) is 1. The molecule has 4 heteroatoms. The van der Waals surface area contributed by atoms with Crippen LogP contribution in [0.5, 0.6) is 0 Å². The van der Waals surface area contributed by atoms with Gasteiger partial charge >= 0.3 is 5.97 Å². The highest BCUT2D eigenvalue weighted by molar-refractivity contribution is 5.94. The van der Waals surface area contributed by atoms with Gasteiger partial charge in [0.25, 0.3) is 0 Å². The van der Waals surface area contributed by atoms with Gasteiger partial charge in [0.15, 0.2) is 0 Å². The van der Waals surface area contributed by atoms with Crippen molar-refractivity contribution < 1.29 is 14.7 Å². The second kappa shape index (κ2) is 23.1. The maximum atomic E-state index is 11.2. The third-order valence-corrected chi connectivity index (χ3v) is 4.41. The van der Waals surface area contributed by atoms with E-state index in [2.05, 4.69) is 12.7 Å². The summed E-state index contributed by atoms with van der Waals surface area (Å²) >= 11 is 0. The summed E-state index contributed by atoms with van der Waals surface area (Å²) in [7, 11) is 1.50.